The summed E-state index contributed by atoms with van der Waals surface area (Å²) in [6.07, 6.45) is -4.40. The smallest absolute Gasteiger partial charge is 0.375 e. The van der Waals surface area contributed by atoms with Gasteiger partial charge in [0.1, 0.15) is 5.82 Å². The van der Waals surface area contributed by atoms with E-state index in [1.165, 1.54) is 12.1 Å². The fraction of sp³-hybridized carbons (Fsp3) is 0.400. The van der Waals surface area contributed by atoms with Crippen LogP contribution in [0.25, 0.3) is 0 Å². The molecular weight excluding hydrogens is 323 g/mol. The minimum absolute atomic E-state index is 0.0947. The van der Waals surface area contributed by atoms with E-state index in [0.29, 0.717) is 11.8 Å². The zero-order valence-corrected chi connectivity index (χ0v) is 13.3. The van der Waals surface area contributed by atoms with Gasteiger partial charge in [0.05, 0.1) is 18.8 Å². The normalized spacial score (nSPS) is 12.9. The van der Waals surface area contributed by atoms with E-state index in [-0.39, 0.29) is 30.8 Å². The number of nitrogens with one attached hydrogen (secondary N) is 1. The van der Waals surface area contributed by atoms with Crippen LogP contribution in [0.15, 0.2) is 24.3 Å². The molecule has 0 aliphatic heterocycles. The van der Waals surface area contributed by atoms with Gasteiger partial charge in [0.25, 0.3) is 0 Å². The minimum Gasteiger partial charge on any atom is -0.375 e. The van der Waals surface area contributed by atoms with Gasteiger partial charge in [-0.3, -0.25) is 0 Å². The topological polar surface area (TPSA) is 86.0 Å². The molecule has 0 saturated heterocycles. The number of hydrogen-bond donors (Lipinski definition) is 2. The minimum atomic E-state index is -4.40. The summed E-state index contributed by atoms with van der Waals surface area (Å²) in [7, 11) is 0. The van der Waals surface area contributed by atoms with E-state index in [1.54, 1.807) is 19.9 Å². The summed E-state index contributed by atoms with van der Waals surface area (Å²) in [5, 5.41) is 2.97. The number of ether oxygens (including phenoxy) is 1. The molecule has 0 amide bonds. The number of rotatable bonds is 6. The molecule has 1 aromatic carbocycles. The number of nitrogen functional groups attached to an aromatic ring is 1. The van der Waals surface area contributed by atoms with Crippen LogP contribution in [0.4, 0.5) is 25.1 Å². The molecule has 0 spiro atoms. The second-order valence-corrected chi connectivity index (χ2v) is 5.28. The molecule has 0 bridgehead atoms. The summed E-state index contributed by atoms with van der Waals surface area (Å²) in [6, 6.07) is 5.12. The van der Waals surface area contributed by atoms with Gasteiger partial charge in [0.2, 0.25) is 11.9 Å². The molecule has 24 heavy (non-hydrogen) atoms. The Kier molecular flexibility index (Phi) is 5.55. The molecule has 1 heterocycles. The monoisotopic (exact) mass is 341 g/mol. The molecule has 130 valence electrons. The van der Waals surface area contributed by atoms with Crippen LogP contribution in [0.2, 0.25) is 0 Å². The lowest BCUT2D eigenvalue weighted by molar-refractivity contribution is -0.138. The number of benzene rings is 1. The first-order valence-electron chi connectivity index (χ1n) is 7.23. The Morgan fingerprint density at radius 3 is 2.58 bits per heavy atom. The van der Waals surface area contributed by atoms with Crippen molar-refractivity contribution < 1.29 is 17.9 Å². The highest BCUT2D eigenvalue weighted by molar-refractivity contribution is 5.32. The fourth-order valence-electron chi connectivity index (χ4n) is 2.10. The van der Waals surface area contributed by atoms with Crippen molar-refractivity contribution in [1.82, 2.24) is 15.0 Å². The third-order valence-corrected chi connectivity index (χ3v) is 3.09. The molecule has 0 saturated carbocycles. The van der Waals surface area contributed by atoms with Gasteiger partial charge in [-0.1, -0.05) is 18.2 Å². The molecule has 9 heteroatoms. The third kappa shape index (κ3) is 5.05. The van der Waals surface area contributed by atoms with E-state index in [9.17, 15) is 13.2 Å². The van der Waals surface area contributed by atoms with E-state index in [1.807, 2.05) is 0 Å². The molecule has 1 unspecified atom stereocenters. The highest BCUT2D eigenvalue weighted by Gasteiger charge is 2.32. The summed E-state index contributed by atoms with van der Waals surface area (Å²) in [5.74, 6) is 0.862. The first-order chi connectivity index (χ1) is 11.3. The van der Waals surface area contributed by atoms with E-state index >= 15 is 0 Å². The van der Waals surface area contributed by atoms with E-state index in [2.05, 4.69) is 20.3 Å². The quantitative estimate of drug-likeness (QED) is 0.840. The zero-order valence-electron chi connectivity index (χ0n) is 13.3. The average Bonchev–Trinajstić information content (AvgIpc) is 2.45. The van der Waals surface area contributed by atoms with E-state index in [4.69, 9.17) is 10.5 Å². The zero-order chi connectivity index (χ0) is 17.7. The van der Waals surface area contributed by atoms with E-state index in [0.717, 1.165) is 6.07 Å². The van der Waals surface area contributed by atoms with Crippen LogP contribution < -0.4 is 11.1 Å². The molecule has 0 fully saturated rings. The van der Waals surface area contributed by atoms with Crippen molar-refractivity contribution >= 4 is 11.9 Å². The van der Waals surface area contributed by atoms with Crippen LogP contribution in [0.5, 0.6) is 0 Å². The molecule has 0 radical (unpaired) electrons. The molecule has 3 N–H and O–H groups in total. The summed E-state index contributed by atoms with van der Waals surface area (Å²) in [5.41, 5.74) is 4.94. The average molecular weight is 341 g/mol. The molecule has 2 aromatic rings. The molecule has 1 aromatic heterocycles. The maximum Gasteiger partial charge on any atom is 0.416 e. The van der Waals surface area contributed by atoms with Crippen molar-refractivity contribution in [3.63, 3.8) is 0 Å². The molecular formula is C15H18F3N5O. The Bertz CT molecular complexity index is 673. The maximum absolute atomic E-state index is 12.9. The summed E-state index contributed by atoms with van der Waals surface area (Å²) in [4.78, 5) is 11.8. The molecule has 1 atom stereocenters. The van der Waals surface area contributed by atoms with Crippen LogP contribution in [-0.2, 0) is 17.5 Å². The van der Waals surface area contributed by atoms with Crippen LogP contribution in [0.3, 0.4) is 0 Å². The SMILES string of the molecule is Cc1nc(N)nc(NC(C)COCc2ccccc2C(F)(F)F)n1. The van der Waals surface area contributed by atoms with Crippen molar-refractivity contribution in [2.24, 2.45) is 0 Å². The molecule has 0 aliphatic rings. The predicted octanol–water partition coefficient (Wildman–Crippen LogP) is 2.80. The Morgan fingerprint density at radius 1 is 1.21 bits per heavy atom. The van der Waals surface area contributed by atoms with Crippen LogP contribution in [0.1, 0.15) is 23.9 Å². The van der Waals surface area contributed by atoms with E-state index < -0.39 is 11.7 Å². The summed E-state index contributed by atoms with van der Waals surface area (Å²) in [6.45, 7) is 3.51. The highest BCUT2D eigenvalue weighted by Crippen LogP contribution is 2.32. The number of nitrogens with zero attached hydrogens (tertiary/aromatic N) is 3. The molecule has 2 rings (SSSR count). The largest absolute Gasteiger partial charge is 0.416 e. The van der Waals surface area contributed by atoms with Gasteiger partial charge in [-0.25, -0.2) is 0 Å². The summed E-state index contributed by atoms with van der Waals surface area (Å²) >= 11 is 0. The first-order valence-corrected chi connectivity index (χ1v) is 7.23. The van der Waals surface area contributed by atoms with Gasteiger partial charge < -0.3 is 15.8 Å². The lowest BCUT2D eigenvalue weighted by Crippen LogP contribution is -2.24. The van der Waals surface area contributed by atoms with Crippen LogP contribution in [0, 0.1) is 6.92 Å². The second kappa shape index (κ2) is 7.43. The number of anilines is 2. The van der Waals surface area contributed by atoms with Crippen molar-refractivity contribution in [3.05, 3.63) is 41.2 Å². The first kappa shape index (κ1) is 17.9. The van der Waals surface area contributed by atoms with Crippen molar-refractivity contribution in [2.75, 3.05) is 17.7 Å². The Hall–Kier alpha value is -2.42. The second-order valence-electron chi connectivity index (χ2n) is 5.28. The van der Waals surface area contributed by atoms with Gasteiger partial charge in [-0.15, -0.1) is 0 Å². The van der Waals surface area contributed by atoms with Gasteiger partial charge >= 0.3 is 6.18 Å². The maximum atomic E-state index is 12.9. The lowest BCUT2D eigenvalue weighted by atomic mass is 10.1. The van der Waals surface area contributed by atoms with Crippen molar-refractivity contribution in [1.29, 1.82) is 0 Å². The third-order valence-electron chi connectivity index (χ3n) is 3.09. The lowest BCUT2D eigenvalue weighted by Gasteiger charge is -2.16. The van der Waals surface area contributed by atoms with Crippen LogP contribution >= 0.6 is 0 Å². The van der Waals surface area contributed by atoms with Gasteiger partial charge in [0.15, 0.2) is 0 Å². The number of hydrogen-bond acceptors (Lipinski definition) is 6. The number of nitrogens with two attached hydrogens (primary N) is 1. The molecule has 0 aliphatic carbocycles. The predicted molar refractivity (Wildman–Crippen MR) is 83.2 cm³/mol. The number of aromatic nitrogens is 3. The van der Waals surface area contributed by atoms with Crippen LogP contribution in [-0.4, -0.2) is 27.6 Å². The summed E-state index contributed by atoms with van der Waals surface area (Å²) < 4.78 is 44.1. The highest BCUT2D eigenvalue weighted by atomic mass is 19.4. The standard InChI is InChI=1S/C15H18F3N5O/c1-9(20-14-22-10(2)21-13(19)23-14)7-24-8-11-5-3-4-6-12(11)15(16,17)18/h3-6,9H,7-8H2,1-2H3,(H3,19,20,21,22,23). The number of halogens is 3. The van der Waals surface area contributed by atoms with Gasteiger partial charge in [-0.05, 0) is 25.5 Å². The van der Waals surface area contributed by atoms with Crippen molar-refractivity contribution in [2.45, 2.75) is 32.7 Å². The fourth-order valence-corrected chi connectivity index (χ4v) is 2.10. The molecule has 6 nitrogen and oxygen atoms in total. The van der Waals surface area contributed by atoms with Crippen molar-refractivity contribution in [3.8, 4) is 0 Å². The number of aryl methyl sites for hydroxylation is 1. The number of alkyl halides is 3. The Balaban J connectivity index is 1.90. The van der Waals surface area contributed by atoms with Gasteiger partial charge in [-0.2, -0.15) is 28.1 Å². The Morgan fingerprint density at radius 2 is 1.92 bits per heavy atom. The van der Waals surface area contributed by atoms with Gasteiger partial charge in [0, 0.05) is 6.04 Å². The Labute approximate surface area is 137 Å².